The molecule has 1 aliphatic carbocycles. The number of nitrogens with zero attached hydrogens (tertiary/aromatic N) is 2. The van der Waals surface area contributed by atoms with Gasteiger partial charge in [-0.25, -0.2) is 4.79 Å². The minimum Gasteiger partial charge on any atom is -0.503 e. The third-order valence-electron chi connectivity index (χ3n) is 4.72. The molecule has 1 heterocycles. The van der Waals surface area contributed by atoms with Gasteiger partial charge in [-0.3, -0.25) is 4.98 Å². The second-order valence-electron chi connectivity index (χ2n) is 7.03. The second-order valence-corrected chi connectivity index (χ2v) is 7.03. The Bertz CT molecular complexity index is 907. The molecule has 3 rings (SSSR count). The van der Waals surface area contributed by atoms with E-state index in [1.807, 2.05) is 25.1 Å². The molecule has 158 valence electrons. The summed E-state index contributed by atoms with van der Waals surface area (Å²) >= 11 is 0. The highest BCUT2D eigenvalue weighted by Gasteiger charge is 2.25. The third-order valence-corrected chi connectivity index (χ3v) is 4.72. The maximum Gasteiger partial charge on any atom is 0.339 e. The number of rotatable bonds is 10. The lowest BCUT2D eigenvalue weighted by Gasteiger charge is -2.16. The van der Waals surface area contributed by atoms with Gasteiger partial charge in [-0.2, -0.15) is 0 Å². The molecule has 1 aliphatic rings. The van der Waals surface area contributed by atoms with Gasteiger partial charge in [0.15, 0.2) is 6.10 Å². The van der Waals surface area contributed by atoms with Crippen LogP contribution in [-0.4, -0.2) is 35.7 Å². The molecule has 1 aromatic carbocycles. The lowest BCUT2D eigenvalue weighted by atomic mass is 10.0. The van der Waals surface area contributed by atoms with Crippen LogP contribution in [0.25, 0.3) is 5.57 Å². The average Bonchev–Trinajstić information content (AvgIpc) is 3.60. The highest BCUT2D eigenvalue weighted by atomic mass is 16.7. The van der Waals surface area contributed by atoms with E-state index in [4.69, 9.17) is 14.3 Å². The Morgan fingerprint density at radius 2 is 1.97 bits per heavy atom. The summed E-state index contributed by atoms with van der Waals surface area (Å²) in [7, 11) is 1.41. The van der Waals surface area contributed by atoms with Crippen molar-refractivity contribution >= 4 is 17.4 Å². The van der Waals surface area contributed by atoms with Crippen molar-refractivity contribution in [3.8, 4) is 0 Å². The average molecular weight is 410 g/mol. The number of hydrogen-bond donors (Lipinski definition) is 1. The van der Waals surface area contributed by atoms with Crippen LogP contribution in [-0.2, 0) is 19.1 Å². The van der Waals surface area contributed by atoms with Gasteiger partial charge in [-0.15, -0.1) is 0 Å². The van der Waals surface area contributed by atoms with Gasteiger partial charge in [0.25, 0.3) is 5.90 Å². The number of ether oxygens (including phenoxy) is 2. The van der Waals surface area contributed by atoms with Gasteiger partial charge in [0.2, 0.25) is 0 Å². The zero-order chi connectivity index (χ0) is 21.3. The summed E-state index contributed by atoms with van der Waals surface area (Å²) in [5.41, 5.74) is 1.74. The molecule has 7 heteroatoms. The summed E-state index contributed by atoms with van der Waals surface area (Å²) in [6.07, 6.45) is 5.47. The predicted molar refractivity (Wildman–Crippen MR) is 113 cm³/mol. The fraction of sp³-hybridized carbons (Fsp3) is 0.348. The summed E-state index contributed by atoms with van der Waals surface area (Å²) in [4.78, 5) is 21.9. The van der Waals surface area contributed by atoms with E-state index >= 15 is 0 Å². The molecule has 0 saturated heterocycles. The number of methoxy groups -OCH3 is 1. The van der Waals surface area contributed by atoms with Gasteiger partial charge in [0.05, 0.1) is 25.7 Å². The third kappa shape index (κ3) is 5.59. The van der Waals surface area contributed by atoms with E-state index in [1.54, 1.807) is 30.5 Å². The van der Waals surface area contributed by atoms with Crippen LogP contribution in [0.4, 0.5) is 0 Å². The monoisotopic (exact) mass is 410 g/mol. The normalized spacial score (nSPS) is 15.4. The molecule has 0 radical (unpaired) electrons. The van der Waals surface area contributed by atoms with Gasteiger partial charge in [0.1, 0.15) is 5.57 Å². The van der Waals surface area contributed by atoms with Crippen molar-refractivity contribution in [1.29, 1.82) is 0 Å². The number of pyridine rings is 1. The number of benzene rings is 1. The Balaban J connectivity index is 1.94. The van der Waals surface area contributed by atoms with E-state index in [0.717, 1.165) is 18.5 Å². The molecule has 7 nitrogen and oxygen atoms in total. The molecule has 1 unspecified atom stereocenters. The summed E-state index contributed by atoms with van der Waals surface area (Å²) in [6, 6.07) is 12.6. The van der Waals surface area contributed by atoms with Crippen LogP contribution in [0.1, 0.15) is 49.1 Å². The fourth-order valence-corrected chi connectivity index (χ4v) is 2.90. The van der Waals surface area contributed by atoms with Crippen molar-refractivity contribution < 1.29 is 24.2 Å². The first-order valence-corrected chi connectivity index (χ1v) is 9.97. The van der Waals surface area contributed by atoms with Crippen molar-refractivity contribution in [1.82, 2.24) is 4.98 Å². The molecule has 1 aromatic heterocycles. The standard InChI is InChI=1S/C23H26N2O5/c1-3-21(20-10-6-7-13-24-20)30-25-22(29-14-16-11-12-16)18-9-5-4-8-17(18)19(15-28-2)23(26)27/h4-10,13,15-16,21H,3,11-12,14H2,1-2H3,(H,26,27)/b19-15+,25-22+. The highest BCUT2D eigenvalue weighted by Crippen LogP contribution is 2.30. The first kappa shape index (κ1) is 21.4. The number of hydrogen-bond acceptors (Lipinski definition) is 6. The van der Waals surface area contributed by atoms with E-state index in [2.05, 4.69) is 10.1 Å². The number of carbonyl (C=O) groups is 1. The SMILES string of the molecule is CCC(O/N=C(/OCC1CC1)c1ccccc1/C(=C\OC)C(=O)O)c1ccccn1. The molecule has 0 spiro atoms. The highest BCUT2D eigenvalue weighted by molar-refractivity contribution is 6.18. The van der Waals surface area contributed by atoms with E-state index in [9.17, 15) is 9.90 Å². The largest absolute Gasteiger partial charge is 0.503 e. The predicted octanol–water partition coefficient (Wildman–Crippen LogP) is 4.41. The van der Waals surface area contributed by atoms with Crippen molar-refractivity contribution in [3.05, 3.63) is 71.7 Å². The van der Waals surface area contributed by atoms with E-state index in [0.29, 0.717) is 30.1 Å². The Labute approximate surface area is 176 Å². The first-order chi connectivity index (χ1) is 14.6. The van der Waals surface area contributed by atoms with Gasteiger partial charge >= 0.3 is 5.97 Å². The number of oxime groups is 1. The Hall–Kier alpha value is -3.35. The minimum atomic E-state index is -1.10. The van der Waals surface area contributed by atoms with E-state index in [-0.39, 0.29) is 17.6 Å². The van der Waals surface area contributed by atoms with Crippen molar-refractivity contribution in [2.75, 3.05) is 13.7 Å². The summed E-state index contributed by atoms with van der Waals surface area (Å²) in [6.45, 7) is 2.49. The molecule has 30 heavy (non-hydrogen) atoms. The minimum absolute atomic E-state index is 0.00703. The van der Waals surface area contributed by atoms with Crippen molar-refractivity contribution in [2.45, 2.75) is 32.3 Å². The number of aromatic nitrogens is 1. The maximum atomic E-state index is 11.8. The van der Waals surface area contributed by atoms with Crippen LogP contribution in [0.15, 0.2) is 60.1 Å². The van der Waals surface area contributed by atoms with E-state index < -0.39 is 5.97 Å². The van der Waals surface area contributed by atoms with Gasteiger partial charge in [0, 0.05) is 17.3 Å². The second kappa shape index (κ2) is 10.4. The topological polar surface area (TPSA) is 90.2 Å². The first-order valence-electron chi connectivity index (χ1n) is 9.97. The fourth-order valence-electron chi connectivity index (χ4n) is 2.90. The summed E-state index contributed by atoms with van der Waals surface area (Å²) in [5.74, 6) is -0.365. The smallest absolute Gasteiger partial charge is 0.339 e. The molecule has 0 aliphatic heterocycles. The zero-order valence-corrected chi connectivity index (χ0v) is 17.2. The molecule has 1 saturated carbocycles. The van der Waals surface area contributed by atoms with Crippen molar-refractivity contribution in [2.24, 2.45) is 11.1 Å². The molecule has 2 aromatic rings. The Morgan fingerprint density at radius 3 is 2.57 bits per heavy atom. The maximum absolute atomic E-state index is 11.8. The van der Waals surface area contributed by atoms with Crippen LogP contribution < -0.4 is 0 Å². The van der Waals surface area contributed by atoms with Crippen molar-refractivity contribution in [3.63, 3.8) is 0 Å². The number of carboxylic acid groups (broad SMARTS) is 1. The molecule has 0 bridgehead atoms. The summed E-state index contributed by atoms with van der Waals surface area (Å²) < 4.78 is 10.9. The molecular weight excluding hydrogens is 384 g/mol. The molecule has 1 atom stereocenters. The molecule has 1 N–H and O–H groups in total. The Morgan fingerprint density at radius 1 is 1.23 bits per heavy atom. The molecular formula is C23H26N2O5. The van der Waals surface area contributed by atoms with Crippen LogP contribution >= 0.6 is 0 Å². The van der Waals surface area contributed by atoms with Gasteiger partial charge in [-0.05, 0) is 48.5 Å². The number of aliphatic carboxylic acids is 1. The lowest BCUT2D eigenvalue weighted by molar-refractivity contribution is -0.130. The van der Waals surface area contributed by atoms with Crippen LogP contribution in [0.5, 0.6) is 0 Å². The number of carboxylic acids is 1. The quantitative estimate of drug-likeness (QED) is 0.205. The van der Waals surface area contributed by atoms with Crippen LogP contribution in [0.2, 0.25) is 0 Å². The van der Waals surface area contributed by atoms with Crippen LogP contribution in [0.3, 0.4) is 0 Å². The van der Waals surface area contributed by atoms with Gasteiger partial charge < -0.3 is 19.4 Å². The zero-order valence-electron chi connectivity index (χ0n) is 17.2. The Kier molecular flexibility index (Phi) is 7.43. The van der Waals surface area contributed by atoms with E-state index in [1.165, 1.54) is 13.4 Å². The lowest BCUT2D eigenvalue weighted by Crippen LogP contribution is -2.15. The molecule has 0 amide bonds. The van der Waals surface area contributed by atoms with Gasteiger partial charge in [-0.1, -0.05) is 31.2 Å². The van der Waals surface area contributed by atoms with Crippen LogP contribution in [0, 0.1) is 5.92 Å². The summed E-state index contributed by atoms with van der Waals surface area (Å²) in [5, 5.41) is 13.9. The molecule has 1 fully saturated rings.